The van der Waals surface area contributed by atoms with Crippen molar-refractivity contribution >= 4 is 10.8 Å². The highest BCUT2D eigenvalue weighted by atomic mass is 16.5. The molecule has 25 heavy (non-hydrogen) atoms. The average molecular weight is 326 g/mol. The van der Waals surface area contributed by atoms with Crippen LogP contribution in [0.15, 0.2) is 79.3 Å². The topological polar surface area (TPSA) is 35.0 Å². The van der Waals surface area contributed by atoms with Crippen molar-refractivity contribution in [3.63, 3.8) is 0 Å². The molecule has 3 heteroatoms. The van der Waals surface area contributed by atoms with E-state index < -0.39 is 0 Å². The van der Waals surface area contributed by atoms with Crippen LogP contribution in [0.1, 0.15) is 11.1 Å². The number of ether oxygens (including phenoxy) is 1. The van der Waals surface area contributed by atoms with Gasteiger partial charge < -0.3 is 4.74 Å². The highest BCUT2D eigenvalue weighted by molar-refractivity contribution is 6.00. The number of aryl methyl sites for hydroxylation is 1. The summed E-state index contributed by atoms with van der Waals surface area (Å²) in [5.74, 6) is 0.655. The molecule has 4 rings (SSSR count). The van der Waals surface area contributed by atoms with Gasteiger partial charge in [-0.1, -0.05) is 48.5 Å². The lowest BCUT2D eigenvalue weighted by atomic mass is 9.97. The summed E-state index contributed by atoms with van der Waals surface area (Å²) in [7, 11) is 0. The summed E-state index contributed by atoms with van der Waals surface area (Å²) in [5.41, 5.74) is 4.53. The van der Waals surface area contributed by atoms with Gasteiger partial charge in [-0.2, -0.15) is 0 Å². The zero-order valence-corrected chi connectivity index (χ0v) is 14.0. The van der Waals surface area contributed by atoms with Crippen LogP contribution in [0.25, 0.3) is 21.9 Å². The lowest BCUT2D eigenvalue weighted by Crippen LogP contribution is -1.99. The van der Waals surface area contributed by atoms with Crippen LogP contribution >= 0.6 is 0 Å². The lowest BCUT2D eigenvalue weighted by Gasteiger charge is -2.13. The maximum absolute atomic E-state index is 6.00. The Morgan fingerprint density at radius 3 is 2.56 bits per heavy atom. The van der Waals surface area contributed by atoms with Crippen LogP contribution in [0.4, 0.5) is 0 Å². The third-order valence-electron chi connectivity index (χ3n) is 4.27. The minimum atomic E-state index is 0.453. The molecule has 0 aliphatic heterocycles. The van der Waals surface area contributed by atoms with E-state index in [1.807, 2.05) is 48.8 Å². The lowest BCUT2D eigenvalue weighted by molar-refractivity contribution is 0.297. The highest BCUT2D eigenvalue weighted by Gasteiger charge is 2.12. The van der Waals surface area contributed by atoms with Gasteiger partial charge in [-0.15, -0.1) is 0 Å². The fraction of sp³-hybridized carbons (Fsp3) is 0.0909. The van der Waals surface area contributed by atoms with Crippen molar-refractivity contribution in [2.45, 2.75) is 13.5 Å². The second-order valence-electron chi connectivity index (χ2n) is 5.99. The normalized spacial score (nSPS) is 10.8. The second kappa shape index (κ2) is 6.73. The van der Waals surface area contributed by atoms with Crippen molar-refractivity contribution in [1.29, 1.82) is 0 Å². The van der Waals surface area contributed by atoms with Crippen LogP contribution in [-0.2, 0) is 6.61 Å². The van der Waals surface area contributed by atoms with Crippen LogP contribution in [-0.4, -0.2) is 9.97 Å². The monoisotopic (exact) mass is 326 g/mol. The number of fused-ring (bicyclic) bond motifs is 1. The molecule has 4 aromatic rings. The molecule has 0 saturated carbocycles. The summed E-state index contributed by atoms with van der Waals surface area (Å²) in [4.78, 5) is 8.72. The zero-order valence-electron chi connectivity index (χ0n) is 14.0. The van der Waals surface area contributed by atoms with Crippen LogP contribution < -0.4 is 4.74 Å². The van der Waals surface area contributed by atoms with Gasteiger partial charge in [-0.05, 0) is 35.6 Å². The van der Waals surface area contributed by atoms with E-state index in [-0.39, 0.29) is 0 Å². The van der Waals surface area contributed by atoms with Gasteiger partial charge in [0.25, 0.3) is 0 Å². The van der Waals surface area contributed by atoms with Gasteiger partial charge in [0.1, 0.15) is 6.61 Å². The summed E-state index contributed by atoms with van der Waals surface area (Å²) in [6.07, 6.45) is 5.48. The van der Waals surface area contributed by atoms with Gasteiger partial charge in [0, 0.05) is 35.1 Å². The SMILES string of the molecule is Cc1cccc2c(OCc3cccnc3)ncc(-c3ccccc3)c12. The van der Waals surface area contributed by atoms with E-state index >= 15 is 0 Å². The van der Waals surface area contributed by atoms with E-state index in [1.165, 1.54) is 10.9 Å². The maximum atomic E-state index is 6.00. The predicted molar refractivity (Wildman–Crippen MR) is 100 cm³/mol. The first-order valence-electron chi connectivity index (χ1n) is 8.28. The molecule has 0 aliphatic carbocycles. The van der Waals surface area contributed by atoms with Crippen molar-refractivity contribution < 1.29 is 4.74 Å². The number of benzene rings is 2. The summed E-state index contributed by atoms with van der Waals surface area (Å²) in [6, 6.07) is 20.5. The summed E-state index contributed by atoms with van der Waals surface area (Å²) in [5, 5.41) is 2.22. The van der Waals surface area contributed by atoms with Gasteiger partial charge in [0.15, 0.2) is 0 Å². The molecule has 0 aliphatic rings. The minimum absolute atomic E-state index is 0.453. The van der Waals surface area contributed by atoms with Crippen molar-refractivity contribution in [2.75, 3.05) is 0 Å². The Morgan fingerprint density at radius 2 is 1.76 bits per heavy atom. The first-order chi connectivity index (χ1) is 12.3. The summed E-state index contributed by atoms with van der Waals surface area (Å²) >= 11 is 0. The molecule has 122 valence electrons. The number of rotatable bonds is 4. The Bertz CT molecular complexity index is 998. The summed E-state index contributed by atoms with van der Waals surface area (Å²) < 4.78 is 6.00. The molecule has 2 aromatic carbocycles. The van der Waals surface area contributed by atoms with E-state index in [1.54, 1.807) is 6.20 Å². The van der Waals surface area contributed by atoms with Gasteiger partial charge in [-0.25, -0.2) is 4.98 Å². The first kappa shape index (κ1) is 15.3. The Balaban J connectivity index is 1.79. The molecule has 0 N–H and O–H groups in total. The van der Waals surface area contributed by atoms with Crippen molar-refractivity contribution in [2.24, 2.45) is 0 Å². The van der Waals surface area contributed by atoms with E-state index in [0.717, 1.165) is 22.1 Å². The smallest absolute Gasteiger partial charge is 0.221 e. The molecule has 0 atom stereocenters. The van der Waals surface area contributed by atoms with Crippen molar-refractivity contribution in [3.05, 3.63) is 90.4 Å². The summed E-state index contributed by atoms with van der Waals surface area (Å²) in [6.45, 7) is 2.58. The molecule has 3 nitrogen and oxygen atoms in total. The standard InChI is InChI=1S/C22H18N2O/c1-16-7-5-11-19-21(16)20(18-9-3-2-4-10-18)14-24-22(19)25-15-17-8-6-12-23-13-17/h2-14H,15H2,1H3. The third kappa shape index (κ3) is 3.09. The Hall–Kier alpha value is -3.20. The van der Waals surface area contributed by atoms with Gasteiger partial charge in [-0.3, -0.25) is 4.98 Å². The molecule has 0 spiro atoms. The van der Waals surface area contributed by atoms with Gasteiger partial charge in [0.05, 0.1) is 0 Å². The molecule has 2 heterocycles. The fourth-order valence-corrected chi connectivity index (χ4v) is 3.05. The molecule has 0 bridgehead atoms. The Morgan fingerprint density at radius 1 is 0.880 bits per heavy atom. The molecule has 0 saturated heterocycles. The maximum Gasteiger partial charge on any atom is 0.221 e. The fourth-order valence-electron chi connectivity index (χ4n) is 3.05. The van der Waals surface area contributed by atoms with Gasteiger partial charge in [0.2, 0.25) is 5.88 Å². The number of aromatic nitrogens is 2. The quantitative estimate of drug-likeness (QED) is 0.518. The van der Waals surface area contributed by atoms with E-state index in [0.29, 0.717) is 12.5 Å². The number of nitrogens with zero attached hydrogens (tertiary/aromatic N) is 2. The minimum Gasteiger partial charge on any atom is -0.472 e. The van der Waals surface area contributed by atoms with Gasteiger partial charge >= 0.3 is 0 Å². The van der Waals surface area contributed by atoms with Crippen LogP contribution in [0, 0.1) is 6.92 Å². The largest absolute Gasteiger partial charge is 0.472 e. The third-order valence-corrected chi connectivity index (χ3v) is 4.27. The van der Waals surface area contributed by atoms with E-state index in [2.05, 4.69) is 41.2 Å². The Kier molecular flexibility index (Phi) is 4.13. The predicted octanol–water partition coefficient (Wildman–Crippen LogP) is 5.18. The molecule has 0 amide bonds. The van der Waals surface area contributed by atoms with Crippen LogP contribution in [0.3, 0.4) is 0 Å². The number of pyridine rings is 2. The Labute approximate surface area is 147 Å². The highest BCUT2D eigenvalue weighted by Crippen LogP contribution is 2.34. The molecular weight excluding hydrogens is 308 g/mol. The zero-order chi connectivity index (χ0) is 17.1. The van der Waals surface area contributed by atoms with Crippen LogP contribution in [0.2, 0.25) is 0 Å². The number of hydrogen-bond acceptors (Lipinski definition) is 3. The van der Waals surface area contributed by atoms with Crippen molar-refractivity contribution in [1.82, 2.24) is 9.97 Å². The van der Waals surface area contributed by atoms with Crippen molar-refractivity contribution in [3.8, 4) is 17.0 Å². The van der Waals surface area contributed by atoms with E-state index in [9.17, 15) is 0 Å². The number of hydrogen-bond donors (Lipinski definition) is 0. The molecular formula is C22H18N2O. The molecule has 0 unspecified atom stereocenters. The second-order valence-corrected chi connectivity index (χ2v) is 5.99. The first-order valence-corrected chi connectivity index (χ1v) is 8.28. The average Bonchev–Trinajstić information content (AvgIpc) is 2.68. The molecule has 0 fully saturated rings. The molecule has 2 aromatic heterocycles. The molecule has 0 radical (unpaired) electrons. The van der Waals surface area contributed by atoms with Crippen LogP contribution in [0.5, 0.6) is 5.88 Å². The van der Waals surface area contributed by atoms with E-state index in [4.69, 9.17) is 4.74 Å².